The molecule has 0 rings (SSSR count). The summed E-state index contributed by atoms with van der Waals surface area (Å²) >= 11 is 4.76. The Morgan fingerprint density at radius 1 is 1.28 bits per heavy atom. The molecule has 0 bridgehead atoms. The maximum atomic E-state index is 9.87. The largest absolute Gasteiger partial charge is 0.481 e. The van der Waals surface area contributed by atoms with Crippen LogP contribution in [0.1, 0.15) is 6.42 Å². The van der Waals surface area contributed by atoms with Gasteiger partial charge in [0.25, 0.3) is 0 Å². The molecule has 0 saturated heterocycles. The van der Waals surface area contributed by atoms with Gasteiger partial charge in [0.1, 0.15) is 0 Å². The normalized spacial score (nSPS) is 7.22. The van der Waals surface area contributed by atoms with Gasteiger partial charge in [-0.2, -0.15) is 0 Å². The van der Waals surface area contributed by atoms with E-state index >= 15 is 0 Å². The molecule has 7 heteroatoms. The molecule has 0 aliphatic heterocycles. The summed E-state index contributed by atoms with van der Waals surface area (Å²) in [6, 6.07) is 0. The lowest BCUT2D eigenvalue weighted by Crippen LogP contribution is -2.04. The van der Waals surface area contributed by atoms with Crippen LogP contribution in [0.15, 0.2) is 36.9 Å². The maximum absolute atomic E-state index is 9.87. The highest BCUT2D eigenvalue weighted by molar-refractivity contribution is 6.25. The number of aliphatic carboxylic acids is 2. The van der Waals surface area contributed by atoms with Crippen LogP contribution in [-0.2, 0) is 19.1 Å². The highest BCUT2D eigenvalue weighted by Crippen LogP contribution is 1.95. The minimum Gasteiger partial charge on any atom is -0.481 e. The predicted molar refractivity (Wildman–Crippen MR) is 67.3 cm³/mol. The molecular weight excluding hydrogens is 264 g/mol. The van der Waals surface area contributed by atoms with Gasteiger partial charge in [0.05, 0.1) is 13.5 Å². The Labute approximate surface area is 110 Å². The molecule has 0 heterocycles. The summed E-state index contributed by atoms with van der Waals surface area (Å²) in [4.78, 5) is 29.5. The molecule has 0 radical (unpaired) electrons. The zero-order valence-electron chi connectivity index (χ0n) is 9.89. The number of carbonyl (C=O) groups is 3. The van der Waals surface area contributed by atoms with Gasteiger partial charge in [0.2, 0.25) is 0 Å². The Morgan fingerprint density at radius 2 is 1.67 bits per heavy atom. The number of hydrogen-bond donors (Lipinski definition) is 2. The van der Waals surface area contributed by atoms with Crippen LogP contribution in [-0.4, -0.2) is 35.2 Å². The molecule has 0 aliphatic rings. The lowest BCUT2D eigenvalue weighted by Gasteiger charge is -1.91. The summed E-state index contributed by atoms with van der Waals surface area (Å²) in [5.41, 5.74) is 0.919. The summed E-state index contributed by atoms with van der Waals surface area (Å²) in [5, 5.41) is 16.1. The van der Waals surface area contributed by atoms with E-state index in [1.165, 1.54) is 12.6 Å². The Kier molecular flexibility index (Phi) is 17.6. The van der Waals surface area contributed by atoms with Gasteiger partial charge in [0.15, 0.2) is 0 Å². The van der Waals surface area contributed by atoms with Crippen molar-refractivity contribution in [3.8, 4) is 0 Å². The molecule has 2 N–H and O–H groups in total. The standard InChI is InChI=1S/C5H6O4.C4H6O2.C2H3Cl/c1-3(5(8)9)2-4(6)7;1-3-4(5)6-2;1-2-3/h1-2H2,(H,6,7)(H,8,9);3H,1H2,2H3;2H,1H2. The Bertz CT molecular complexity index is 321. The van der Waals surface area contributed by atoms with E-state index in [9.17, 15) is 14.4 Å². The molecule has 0 aromatic carbocycles. The molecule has 0 aliphatic carbocycles. The summed E-state index contributed by atoms with van der Waals surface area (Å²) in [6.45, 7) is 9.30. The minimum absolute atomic E-state index is 0.303. The van der Waals surface area contributed by atoms with Crippen LogP contribution >= 0.6 is 11.6 Å². The molecule has 0 aromatic heterocycles. The van der Waals surface area contributed by atoms with Gasteiger partial charge in [-0.25, -0.2) is 9.59 Å². The SMILES string of the molecule is C=C(CC(=O)O)C(=O)O.C=CC(=O)OC.C=CCl. The first kappa shape index (κ1) is 21.2. The fraction of sp³-hybridized carbons (Fsp3) is 0.182. The van der Waals surface area contributed by atoms with E-state index in [1.807, 2.05) is 0 Å². The number of halogens is 1. The van der Waals surface area contributed by atoms with Crippen molar-refractivity contribution in [1.29, 1.82) is 0 Å². The number of carboxylic acid groups (broad SMARTS) is 2. The van der Waals surface area contributed by atoms with Crippen molar-refractivity contribution in [1.82, 2.24) is 0 Å². The first-order valence-electron chi connectivity index (χ1n) is 4.31. The van der Waals surface area contributed by atoms with Gasteiger partial charge in [-0.3, -0.25) is 4.79 Å². The van der Waals surface area contributed by atoms with Crippen LogP contribution in [0.25, 0.3) is 0 Å². The fourth-order valence-electron chi connectivity index (χ4n) is 0.341. The lowest BCUT2D eigenvalue weighted by molar-refractivity contribution is -0.139. The van der Waals surface area contributed by atoms with Crippen LogP contribution in [0.3, 0.4) is 0 Å². The summed E-state index contributed by atoms with van der Waals surface area (Å²) < 4.78 is 4.14. The molecule has 0 amide bonds. The number of hydrogen-bond acceptors (Lipinski definition) is 4. The molecule has 0 unspecified atom stereocenters. The number of esters is 1. The van der Waals surface area contributed by atoms with Crippen LogP contribution in [0, 0.1) is 0 Å². The van der Waals surface area contributed by atoms with Crippen molar-refractivity contribution in [3.63, 3.8) is 0 Å². The highest BCUT2D eigenvalue weighted by Gasteiger charge is 2.07. The Balaban J connectivity index is -0.000000216. The maximum Gasteiger partial charge on any atom is 0.331 e. The first-order valence-corrected chi connectivity index (χ1v) is 4.74. The smallest absolute Gasteiger partial charge is 0.331 e. The van der Waals surface area contributed by atoms with Crippen molar-refractivity contribution < 1.29 is 29.3 Å². The predicted octanol–water partition coefficient (Wildman–Crippen LogP) is 1.82. The van der Waals surface area contributed by atoms with E-state index in [-0.39, 0.29) is 5.57 Å². The van der Waals surface area contributed by atoms with Crippen molar-refractivity contribution in [2.75, 3.05) is 7.11 Å². The summed E-state index contributed by atoms with van der Waals surface area (Å²) in [5.74, 6) is -2.84. The number of methoxy groups -OCH3 is 1. The van der Waals surface area contributed by atoms with Gasteiger partial charge < -0.3 is 14.9 Å². The van der Waals surface area contributed by atoms with E-state index in [4.69, 9.17) is 21.8 Å². The molecule has 0 spiro atoms. The van der Waals surface area contributed by atoms with Gasteiger partial charge >= 0.3 is 17.9 Å². The lowest BCUT2D eigenvalue weighted by atomic mass is 10.2. The minimum atomic E-state index is -1.27. The highest BCUT2D eigenvalue weighted by atomic mass is 35.5. The molecule has 6 nitrogen and oxygen atoms in total. The zero-order valence-corrected chi connectivity index (χ0v) is 10.6. The first-order chi connectivity index (χ1) is 8.26. The zero-order chi connectivity index (χ0) is 15.1. The quantitative estimate of drug-likeness (QED) is 0.601. The number of rotatable bonds is 4. The van der Waals surface area contributed by atoms with E-state index < -0.39 is 24.3 Å². The van der Waals surface area contributed by atoms with Crippen molar-refractivity contribution in [3.05, 3.63) is 36.9 Å². The fourth-order valence-corrected chi connectivity index (χ4v) is 0.341. The molecule has 0 atom stereocenters. The second kappa shape index (κ2) is 14.9. The van der Waals surface area contributed by atoms with Crippen LogP contribution < -0.4 is 0 Å². The van der Waals surface area contributed by atoms with Gasteiger partial charge in [0, 0.05) is 11.6 Å². The molecule has 0 aromatic rings. The third-order valence-corrected chi connectivity index (χ3v) is 1.03. The monoisotopic (exact) mass is 278 g/mol. The van der Waals surface area contributed by atoms with Gasteiger partial charge in [-0.1, -0.05) is 31.3 Å². The Morgan fingerprint density at radius 3 is 1.72 bits per heavy atom. The molecular formula is C11H15ClO6. The third kappa shape index (κ3) is 23.6. The number of ether oxygens (including phenoxy) is 1. The summed E-state index contributed by atoms with van der Waals surface area (Å²) in [7, 11) is 1.31. The van der Waals surface area contributed by atoms with Crippen molar-refractivity contribution >= 4 is 29.5 Å². The average Bonchev–Trinajstić information content (AvgIpc) is 2.28. The number of carboxylic acids is 2. The topological polar surface area (TPSA) is 101 Å². The second-order valence-corrected chi connectivity index (χ2v) is 2.67. The number of carbonyl (C=O) groups excluding carboxylic acids is 1. The van der Waals surface area contributed by atoms with Crippen LogP contribution in [0.2, 0.25) is 0 Å². The van der Waals surface area contributed by atoms with Gasteiger partial charge in [-0.05, 0) is 5.54 Å². The Hall–Kier alpha value is -2.08. The molecule has 0 saturated carbocycles. The van der Waals surface area contributed by atoms with E-state index in [0.717, 1.165) is 6.08 Å². The van der Waals surface area contributed by atoms with Crippen molar-refractivity contribution in [2.45, 2.75) is 6.42 Å². The molecule has 102 valence electrons. The van der Waals surface area contributed by atoms with E-state index in [1.54, 1.807) is 0 Å². The van der Waals surface area contributed by atoms with Crippen molar-refractivity contribution in [2.24, 2.45) is 0 Å². The summed E-state index contributed by atoms with van der Waals surface area (Å²) in [6.07, 6.45) is 0.606. The third-order valence-electron chi connectivity index (χ3n) is 1.03. The molecule has 18 heavy (non-hydrogen) atoms. The van der Waals surface area contributed by atoms with Crippen LogP contribution in [0.4, 0.5) is 0 Å². The van der Waals surface area contributed by atoms with E-state index in [2.05, 4.69) is 24.5 Å². The second-order valence-electron chi connectivity index (χ2n) is 2.36. The van der Waals surface area contributed by atoms with E-state index in [0.29, 0.717) is 0 Å². The van der Waals surface area contributed by atoms with Crippen LogP contribution in [0.5, 0.6) is 0 Å². The molecule has 0 fully saturated rings. The average molecular weight is 279 g/mol. The van der Waals surface area contributed by atoms with Gasteiger partial charge in [-0.15, -0.1) is 0 Å².